The van der Waals surface area contributed by atoms with Crippen molar-refractivity contribution in [2.24, 2.45) is 0 Å². The van der Waals surface area contributed by atoms with E-state index in [1.54, 1.807) is 0 Å². The molecule has 25 heavy (non-hydrogen) atoms. The van der Waals surface area contributed by atoms with Crippen molar-refractivity contribution < 1.29 is 9.59 Å². The molecule has 0 saturated carbocycles. The van der Waals surface area contributed by atoms with Gasteiger partial charge in [-0.25, -0.2) is 9.97 Å². The predicted octanol–water partition coefficient (Wildman–Crippen LogP) is 4.14. The number of hydrogen-bond donors (Lipinski definition) is 1. The van der Waals surface area contributed by atoms with Crippen LogP contribution in [0.25, 0.3) is 10.9 Å². The van der Waals surface area contributed by atoms with E-state index in [9.17, 15) is 9.59 Å². The number of aromatic amines is 1. The van der Waals surface area contributed by atoms with Crippen LogP contribution in [-0.4, -0.2) is 31.8 Å². The minimum atomic E-state index is -0.338. The molecule has 1 N–H and O–H groups in total. The zero-order valence-electron chi connectivity index (χ0n) is 14.6. The van der Waals surface area contributed by atoms with Gasteiger partial charge in [0.1, 0.15) is 11.4 Å². The molecule has 3 aromatic rings. The number of H-pyrrole nitrogens is 1. The van der Waals surface area contributed by atoms with E-state index in [0.717, 1.165) is 27.2 Å². The van der Waals surface area contributed by atoms with E-state index in [1.165, 1.54) is 25.0 Å². The summed E-state index contributed by atoms with van der Waals surface area (Å²) in [6.07, 6.45) is 1.51. The number of Topliss-reactive ketones (excluding diaryl/α,β-unsaturated/α-hetero) is 2. The SMILES string of the molecule is CC(=O)c1c(C)[nH]c(C(=O)[C@H](C)Sc2ncnc3ccccc23)c1C. The number of nitrogens with zero attached hydrogens (tertiary/aromatic N) is 2. The molecule has 0 spiro atoms. The molecule has 0 bridgehead atoms. The van der Waals surface area contributed by atoms with Gasteiger partial charge in [0, 0.05) is 16.6 Å². The Morgan fingerprint density at radius 3 is 2.56 bits per heavy atom. The molecule has 6 heteroatoms. The number of benzene rings is 1. The van der Waals surface area contributed by atoms with Gasteiger partial charge in [0.25, 0.3) is 0 Å². The molecule has 0 aliphatic carbocycles. The summed E-state index contributed by atoms with van der Waals surface area (Å²) in [5, 5.41) is 1.37. The third-order valence-corrected chi connectivity index (χ3v) is 5.32. The summed E-state index contributed by atoms with van der Waals surface area (Å²) in [6.45, 7) is 7.00. The van der Waals surface area contributed by atoms with E-state index >= 15 is 0 Å². The number of carbonyl (C=O) groups excluding carboxylic acids is 2. The molecule has 0 radical (unpaired) electrons. The van der Waals surface area contributed by atoms with Crippen LogP contribution in [0.15, 0.2) is 35.6 Å². The average Bonchev–Trinajstić information content (AvgIpc) is 2.89. The number of aromatic nitrogens is 3. The second-order valence-electron chi connectivity index (χ2n) is 6.00. The molecule has 0 unspecified atom stereocenters. The third-order valence-electron chi connectivity index (χ3n) is 4.20. The zero-order chi connectivity index (χ0) is 18.1. The van der Waals surface area contributed by atoms with Crippen LogP contribution >= 0.6 is 11.8 Å². The standard InChI is InChI=1S/C19H19N3O2S/c1-10-16(12(3)23)11(2)22-17(10)18(24)13(4)25-19-14-7-5-6-8-15(14)20-9-21-19/h5-9,13,22H,1-4H3/t13-/m0/s1. The second kappa shape index (κ2) is 6.80. The largest absolute Gasteiger partial charge is 0.355 e. The van der Waals surface area contributed by atoms with Gasteiger partial charge in [-0.3, -0.25) is 9.59 Å². The molecule has 0 aliphatic rings. The molecule has 2 aromatic heterocycles. The lowest BCUT2D eigenvalue weighted by Crippen LogP contribution is -2.15. The summed E-state index contributed by atoms with van der Waals surface area (Å²) >= 11 is 1.40. The number of rotatable bonds is 5. The Balaban J connectivity index is 1.91. The van der Waals surface area contributed by atoms with Crippen LogP contribution in [0.4, 0.5) is 0 Å². The van der Waals surface area contributed by atoms with Gasteiger partial charge in [-0.1, -0.05) is 30.0 Å². The summed E-state index contributed by atoms with van der Waals surface area (Å²) in [6, 6.07) is 7.73. The summed E-state index contributed by atoms with van der Waals surface area (Å²) in [5.74, 6) is -0.0757. The van der Waals surface area contributed by atoms with Crippen LogP contribution < -0.4 is 0 Å². The van der Waals surface area contributed by atoms with Crippen molar-refractivity contribution >= 4 is 34.2 Å². The van der Waals surface area contributed by atoms with Gasteiger partial charge in [0.15, 0.2) is 11.6 Å². The summed E-state index contributed by atoms with van der Waals surface area (Å²) < 4.78 is 0. The first-order valence-corrected chi connectivity index (χ1v) is 8.88. The first kappa shape index (κ1) is 17.4. The van der Waals surface area contributed by atoms with E-state index in [4.69, 9.17) is 0 Å². The molecule has 0 aliphatic heterocycles. The first-order valence-electron chi connectivity index (χ1n) is 8.01. The quantitative estimate of drug-likeness (QED) is 0.424. The maximum Gasteiger partial charge on any atom is 0.192 e. The van der Waals surface area contributed by atoms with Crippen molar-refractivity contribution in [1.29, 1.82) is 0 Å². The van der Waals surface area contributed by atoms with Gasteiger partial charge in [-0.2, -0.15) is 0 Å². The van der Waals surface area contributed by atoms with Crippen molar-refractivity contribution in [2.45, 2.75) is 38.0 Å². The number of thioether (sulfide) groups is 1. The van der Waals surface area contributed by atoms with Crippen molar-refractivity contribution in [1.82, 2.24) is 15.0 Å². The minimum absolute atomic E-state index is 0.0348. The van der Waals surface area contributed by atoms with Crippen LogP contribution in [0.1, 0.15) is 46.0 Å². The van der Waals surface area contributed by atoms with Crippen molar-refractivity contribution in [2.75, 3.05) is 0 Å². The molecule has 0 fully saturated rings. The Morgan fingerprint density at radius 2 is 1.88 bits per heavy atom. The average molecular weight is 353 g/mol. The Hall–Kier alpha value is -2.47. The van der Waals surface area contributed by atoms with Crippen molar-refractivity contribution in [3.05, 3.63) is 53.1 Å². The van der Waals surface area contributed by atoms with Gasteiger partial charge in [0.2, 0.25) is 0 Å². The summed E-state index contributed by atoms with van der Waals surface area (Å²) in [7, 11) is 0. The fraction of sp³-hybridized carbons (Fsp3) is 0.263. The lowest BCUT2D eigenvalue weighted by Gasteiger charge is -2.11. The predicted molar refractivity (Wildman–Crippen MR) is 99.5 cm³/mol. The van der Waals surface area contributed by atoms with E-state index in [-0.39, 0.29) is 16.8 Å². The fourth-order valence-corrected chi connectivity index (χ4v) is 3.99. The Morgan fingerprint density at radius 1 is 1.16 bits per heavy atom. The van der Waals surface area contributed by atoms with Crippen molar-refractivity contribution in [3.8, 4) is 0 Å². The van der Waals surface area contributed by atoms with Gasteiger partial charge in [-0.05, 0) is 39.3 Å². The maximum absolute atomic E-state index is 12.9. The Labute approximate surface area is 150 Å². The highest BCUT2D eigenvalue weighted by Crippen LogP contribution is 2.30. The fourth-order valence-electron chi connectivity index (χ4n) is 3.02. The van der Waals surface area contributed by atoms with E-state index in [1.807, 2.05) is 45.0 Å². The summed E-state index contributed by atoms with van der Waals surface area (Å²) in [4.78, 5) is 36.3. The van der Waals surface area contributed by atoms with Crippen LogP contribution in [0, 0.1) is 13.8 Å². The molecule has 0 saturated heterocycles. The number of aryl methyl sites for hydroxylation is 1. The Kier molecular flexibility index (Phi) is 4.72. The second-order valence-corrected chi connectivity index (χ2v) is 7.33. The highest BCUT2D eigenvalue weighted by molar-refractivity contribution is 8.00. The van der Waals surface area contributed by atoms with Gasteiger partial charge >= 0.3 is 0 Å². The molecular weight excluding hydrogens is 334 g/mol. The number of nitrogens with one attached hydrogen (secondary N) is 1. The van der Waals surface area contributed by atoms with Crippen LogP contribution in [0.5, 0.6) is 0 Å². The van der Waals surface area contributed by atoms with E-state index < -0.39 is 0 Å². The monoisotopic (exact) mass is 353 g/mol. The molecule has 0 amide bonds. The molecule has 3 rings (SSSR count). The topological polar surface area (TPSA) is 75.7 Å². The normalized spacial score (nSPS) is 12.3. The van der Waals surface area contributed by atoms with E-state index in [2.05, 4.69) is 15.0 Å². The van der Waals surface area contributed by atoms with Gasteiger partial charge in [0.05, 0.1) is 16.5 Å². The highest BCUT2D eigenvalue weighted by Gasteiger charge is 2.25. The lowest BCUT2D eigenvalue weighted by atomic mass is 10.0. The number of ketones is 2. The summed E-state index contributed by atoms with van der Waals surface area (Å²) in [5.41, 5.74) is 3.41. The number of fused-ring (bicyclic) bond motifs is 1. The van der Waals surface area contributed by atoms with E-state index in [0.29, 0.717) is 11.3 Å². The minimum Gasteiger partial charge on any atom is -0.355 e. The molecule has 1 aromatic carbocycles. The molecule has 1 atom stereocenters. The highest BCUT2D eigenvalue weighted by atomic mass is 32.2. The third kappa shape index (κ3) is 3.22. The van der Waals surface area contributed by atoms with Crippen LogP contribution in [0.3, 0.4) is 0 Å². The lowest BCUT2D eigenvalue weighted by molar-refractivity contribution is 0.0988. The molecule has 128 valence electrons. The number of carbonyl (C=O) groups is 2. The number of hydrogen-bond acceptors (Lipinski definition) is 5. The zero-order valence-corrected chi connectivity index (χ0v) is 15.4. The smallest absolute Gasteiger partial charge is 0.192 e. The molecular formula is C19H19N3O2S. The van der Waals surface area contributed by atoms with Crippen LogP contribution in [-0.2, 0) is 0 Å². The van der Waals surface area contributed by atoms with Gasteiger partial charge in [-0.15, -0.1) is 0 Å². The van der Waals surface area contributed by atoms with Gasteiger partial charge < -0.3 is 4.98 Å². The molecule has 5 nitrogen and oxygen atoms in total. The maximum atomic E-state index is 12.9. The number of para-hydroxylation sites is 1. The molecule has 2 heterocycles. The first-order chi connectivity index (χ1) is 11.9. The van der Waals surface area contributed by atoms with Crippen molar-refractivity contribution in [3.63, 3.8) is 0 Å². The van der Waals surface area contributed by atoms with Crippen LogP contribution in [0.2, 0.25) is 0 Å². The Bertz CT molecular complexity index is 973.